The fourth-order valence-corrected chi connectivity index (χ4v) is 2.15. The Kier molecular flexibility index (Phi) is 4.93. The minimum Gasteiger partial charge on any atom is -0.385 e. The lowest BCUT2D eigenvalue weighted by atomic mass is 10.1. The summed E-state index contributed by atoms with van der Waals surface area (Å²) < 4.78 is 0. The third kappa shape index (κ3) is 3.60. The molecule has 1 heterocycles. The van der Waals surface area contributed by atoms with Gasteiger partial charge in [-0.3, -0.25) is 9.78 Å². The zero-order valence-corrected chi connectivity index (χ0v) is 12.8. The van der Waals surface area contributed by atoms with Gasteiger partial charge in [0.2, 0.25) is 0 Å². The second kappa shape index (κ2) is 6.88. The molecule has 0 aliphatic rings. The number of nitrogens with zero attached hydrogens (tertiary/aromatic N) is 2. The average molecular weight is 283 g/mol. The van der Waals surface area contributed by atoms with E-state index in [0.29, 0.717) is 5.69 Å². The minimum absolute atomic E-state index is 0.107. The molecule has 4 nitrogen and oxygen atoms in total. The predicted molar refractivity (Wildman–Crippen MR) is 86.9 cm³/mol. The Labute approximate surface area is 125 Å². The number of nitrogens with one attached hydrogen (secondary N) is 1. The van der Waals surface area contributed by atoms with Gasteiger partial charge in [-0.15, -0.1) is 0 Å². The number of amides is 1. The number of hydrogen-bond donors (Lipinski definition) is 1. The Balaban J connectivity index is 2.21. The van der Waals surface area contributed by atoms with Crippen molar-refractivity contribution in [1.29, 1.82) is 0 Å². The molecule has 0 radical (unpaired) electrons. The van der Waals surface area contributed by atoms with Crippen LogP contribution in [0.4, 0.5) is 11.4 Å². The van der Waals surface area contributed by atoms with Crippen LogP contribution in [0.3, 0.4) is 0 Å². The van der Waals surface area contributed by atoms with Crippen LogP contribution < -0.4 is 10.2 Å². The molecule has 1 aromatic carbocycles. The van der Waals surface area contributed by atoms with Crippen LogP contribution >= 0.6 is 0 Å². The second-order valence-electron chi connectivity index (χ2n) is 5.01. The summed E-state index contributed by atoms with van der Waals surface area (Å²) >= 11 is 0. The number of rotatable bonds is 5. The van der Waals surface area contributed by atoms with Crippen LogP contribution in [0.25, 0.3) is 0 Å². The lowest BCUT2D eigenvalue weighted by Gasteiger charge is -2.19. The molecule has 21 heavy (non-hydrogen) atoms. The summed E-state index contributed by atoms with van der Waals surface area (Å²) in [5.74, 6) is -0.107. The quantitative estimate of drug-likeness (QED) is 0.913. The van der Waals surface area contributed by atoms with Gasteiger partial charge < -0.3 is 10.2 Å². The van der Waals surface area contributed by atoms with Gasteiger partial charge in [0.05, 0.1) is 0 Å². The summed E-state index contributed by atoms with van der Waals surface area (Å²) in [6.45, 7) is 4.98. The molecule has 2 rings (SSSR count). The van der Waals surface area contributed by atoms with Crippen molar-refractivity contribution in [1.82, 2.24) is 4.98 Å². The Morgan fingerprint density at radius 2 is 2.05 bits per heavy atom. The molecule has 0 unspecified atom stereocenters. The molecule has 2 aromatic rings. The molecule has 0 atom stereocenters. The monoisotopic (exact) mass is 283 g/mol. The van der Waals surface area contributed by atoms with E-state index in [1.54, 1.807) is 24.2 Å². The molecule has 0 saturated carbocycles. The zero-order valence-electron chi connectivity index (χ0n) is 12.8. The molecule has 110 valence electrons. The van der Waals surface area contributed by atoms with Gasteiger partial charge in [0.15, 0.2) is 0 Å². The highest BCUT2D eigenvalue weighted by Gasteiger charge is 2.16. The van der Waals surface area contributed by atoms with Crippen molar-refractivity contribution in [3.8, 4) is 0 Å². The topological polar surface area (TPSA) is 45.2 Å². The van der Waals surface area contributed by atoms with Crippen LogP contribution in [0.5, 0.6) is 0 Å². The number of para-hydroxylation sites is 1. The van der Waals surface area contributed by atoms with Crippen molar-refractivity contribution >= 4 is 17.3 Å². The molecule has 0 fully saturated rings. The molecule has 0 saturated heterocycles. The lowest BCUT2D eigenvalue weighted by Crippen LogP contribution is -2.27. The summed E-state index contributed by atoms with van der Waals surface area (Å²) in [6.07, 6.45) is 2.70. The first-order chi connectivity index (χ1) is 10.1. The van der Waals surface area contributed by atoms with E-state index < -0.39 is 0 Å². The van der Waals surface area contributed by atoms with Crippen LogP contribution in [-0.2, 0) is 0 Å². The van der Waals surface area contributed by atoms with Crippen molar-refractivity contribution in [2.75, 3.05) is 23.8 Å². The lowest BCUT2D eigenvalue weighted by molar-refractivity contribution is 0.0988. The maximum Gasteiger partial charge on any atom is 0.276 e. The standard InChI is InChI=1S/C17H21N3O/c1-4-10-18-14-9-11-19-15(12-14)17(21)20(3)16-8-6-5-7-13(16)2/h5-9,11-12H,4,10H2,1-3H3,(H,18,19). The fourth-order valence-electron chi connectivity index (χ4n) is 2.15. The van der Waals surface area contributed by atoms with E-state index in [4.69, 9.17) is 0 Å². The summed E-state index contributed by atoms with van der Waals surface area (Å²) in [7, 11) is 1.78. The van der Waals surface area contributed by atoms with Crippen molar-refractivity contribution < 1.29 is 4.79 Å². The first kappa shape index (κ1) is 15.0. The SMILES string of the molecule is CCCNc1ccnc(C(=O)N(C)c2ccccc2C)c1. The average Bonchev–Trinajstić information content (AvgIpc) is 2.52. The van der Waals surface area contributed by atoms with E-state index in [9.17, 15) is 4.79 Å². The maximum absolute atomic E-state index is 12.6. The normalized spacial score (nSPS) is 10.2. The summed E-state index contributed by atoms with van der Waals surface area (Å²) in [5.41, 5.74) is 3.33. The van der Waals surface area contributed by atoms with Crippen LogP contribution in [0, 0.1) is 6.92 Å². The van der Waals surface area contributed by atoms with Gasteiger partial charge in [-0.2, -0.15) is 0 Å². The van der Waals surface area contributed by atoms with Gasteiger partial charge in [0.25, 0.3) is 5.91 Å². The molecule has 1 aromatic heterocycles. The van der Waals surface area contributed by atoms with E-state index >= 15 is 0 Å². The maximum atomic E-state index is 12.6. The van der Waals surface area contributed by atoms with E-state index in [1.807, 2.05) is 37.3 Å². The molecule has 1 amide bonds. The Hall–Kier alpha value is -2.36. The van der Waals surface area contributed by atoms with Crippen LogP contribution in [-0.4, -0.2) is 24.5 Å². The number of hydrogen-bond acceptors (Lipinski definition) is 3. The predicted octanol–water partition coefficient (Wildman–Crippen LogP) is 3.49. The van der Waals surface area contributed by atoms with Crippen LogP contribution in [0.2, 0.25) is 0 Å². The largest absolute Gasteiger partial charge is 0.385 e. The first-order valence-electron chi connectivity index (χ1n) is 7.17. The van der Waals surface area contributed by atoms with Gasteiger partial charge in [0, 0.05) is 31.2 Å². The molecule has 0 aliphatic carbocycles. The number of aromatic nitrogens is 1. The summed E-state index contributed by atoms with van der Waals surface area (Å²) in [4.78, 5) is 18.4. The van der Waals surface area contributed by atoms with Crippen LogP contribution in [0.15, 0.2) is 42.6 Å². The van der Waals surface area contributed by atoms with Gasteiger partial charge in [0.1, 0.15) is 5.69 Å². The first-order valence-corrected chi connectivity index (χ1v) is 7.17. The molecular weight excluding hydrogens is 262 g/mol. The smallest absolute Gasteiger partial charge is 0.276 e. The van der Waals surface area contributed by atoms with Crippen molar-refractivity contribution in [3.05, 3.63) is 53.9 Å². The Morgan fingerprint density at radius 3 is 2.76 bits per heavy atom. The van der Waals surface area contributed by atoms with Gasteiger partial charge in [-0.1, -0.05) is 25.1 Å². The van der Waals surface area contributed by atoms with Gasteiger partial charge in [-0.25, -0.2) is 0 Å². The molecule has 0 spiro atoms. The molecule has 0 bridgehead atoms. The van der Waals surface area contributed by atoms with Gasteiger partial charge in [-0.05, 0) is 37.1 Å². The minimum atomic E-state index is -0.107. The van der Waals surface area contributed by atoms with Crippen LogP contribution in [0.1, 0.15) is 29.4 Å². The van der Waals surface area contributed by atoms with E-state index in [1.165, 1.54) is 0 Å². The number of carbonyl (C=O) groups is 1. The number of aryl methyl sites for hydroxylation is 1. The molecule has 0 aliphatic heterocycles. The highest BCUT2D eigenvalue weighted by molar-refractivity contribution is 6.05. The fraction of sp³-hybridized carbons (Fsp3) is 0.294. The number of pyridine rings is 1. The van der Waals surface area contributed by atoms with E-state index in [-0.39, 0.29) is 5.91 Å². The highest BCUT2D eigenvalue weighted by Crippen LogP contribution is 2.20. The number of carbonyl (C=O) groups excluding carboxylic acids is 1. The van der Waals surface area contributed by atoms with Crippen molar-refractivity contribution in [3.63, 3.8) is 0 Å². The highest BCUT2D eigenvalue weighted by atomic mass is 16.2. The molecule has 4 heteroatoms. The second-order valence-corrected chi connectivity index (χ2v) is 5.01. The third-order valence-electron chi connectivity index (χ3n) is 3.34. The van der Waals surface area contributed by atoms with Crippen molar-refractivity contribution in [2.45, 2.75) is 20.3 Å². The zero-order chi connectivity index (χ0) is 15.2. The van der Waals surface area contributed by atoms with E-state index in [2.05, 4.69) is 17.2 Å². The van der Waals surface area contributed by atoms with Gasteiger partial charge >= 0.3 is 0 Å². The Bertz CT molecular complexity index is 625. The molecular formula is C17H21N3O. The van der Waals surface area contributed by atoms with E-state index in [0.717, 1.165) is 29.9 Å². The number of benzene rings is 1. The third-order valence-corrected chi connectivity index (χ3v) is 3.34. The number of anilines is 2. The summed E-state index contributed by atoms with van der Waals surface area (Å²) in [6, 6.07) is 11.5. The molecule has 1 N–H and O–H groups in total. The Morgan fingerprint density at radius 1 is 1.29 bits per heavy atom. The van der Waals surface area contributed by atoms with Crippen molar-refractivity contribution in [2.24, 2.45) is 0 Å². The summed E-state index contributed by atoms with van der Waals surface area (Å²) in [5, 5.41) is 3.27.